The van der Waals surface area contributed by atoms with Crippen LogP contribution in [0.5, 0.6) is 0 Å². The average molecular weight is 190 g/mol. The van der Waals surface area contributed by atoms with Crippen molar-refractivity contribution in [3.8, 4) is 12.3 Å². The smallest absolute Gasteiger partial charge is 0.411 e. The molecule has 0 saturated heterocycles. The second-order valence-corrected chi connectivity index (χ2v) is 2.71. The molecule has 0 aliphatic carbocycles. The van der Waals surface area contributed by atoms with Crippen molar-refractivity contribution in [1.82, 2.24) is 0 Å². The van der Waals surface area contributed by atoms with Crippen molar-refractivity contribution in [2.75, 3.05) is 6.61 Å². The van der Waals surface area contributed by atoms with E-state index in [2.05, 4.69) is 5.92 Å². The molecule has 0 aliphatic heterocycles. The molecule has 0 spiro atoms. The summed E-state index contributed by atoms with van der Waals surface area (Å²) >= 11 is 0. The molecular formula is C11H12NO2+. The van der Waals surface area contributed by atoms with Crippen molar-refractivity contribution in [2.45, 2.75) is 13.3 Å². The van der Waals surface area contributed by atoms with Gasteiger partial charge in [-0.3, -0.25) is 0 Å². The maximum atomic E-state index is 11.4. The highest BCUT2D eigenvalue weighted by molar-refractivity contribution is 5.57. The molecular weight excluding hydrogens is 178 g/mol. The van der Waals surface area contributed by atoms with Crippen molar-refractivity contribution in [3.05, 3.63) is 30.1 Å². The van der Waals surface area contributed by atoms with Gasteiger partial charge >= 0.3 is 6.09 Å². The van der Waals surface area contributed by atoms with Crippen LogP contribution in [0.25, 0.3) is 0 Å². The standard InChI is InChI=1S/C11H12NO2/c1-3-9-14-11(13)12-8-6-5-7-10(12)4-2/h2,5-8H,3,9H2,1H3/q+1. The van der Waals surface area contributed by atoms with Crippen molar-refractivity contribution in [1.29, 1.82) is 0 Å². The third-order valence-electron chi connectivity index (χ3n) is 1.63. The Bertz CT molecular complexity index is 366. The van der Waals surface area contributed by atoms with Crippen LogP contribution in [0.1, 0.15) is 19.0 Å². The fourth-order valence-electron chi connectivity index (χ4n) is 0.979. The Hall–Kier alpha value is -1.82. The highest BCUT2D eigenvalue weighted by atomic mass is 16.5. The van der Waals surface area contributed by atoms with E-state index in [4.69, 9.17) is 11.2 Å². The van der Waals surface area contributed by atoms with E-state index in [0.717, 1.165) is 6.42 Å². The number of carbonyl (C=O) groups excluding carboxylic acids is 1. The van der Waals surface area contributed by atoms with Gasteiger partial charge < -0.3 is 4.74 Å². The molecule has 0 amide bonds. The number of carbonyl (C=O) groups is 1. The average Bonchev–Trinajstić information content (AvgIpc) is 2.25. The highest BCUT2D eigenvalue weighted by Gasteiger charge is 2.19. The largest absolute Gasteiger partial charge is 0.603 e. The van der Waals surface area contributed by atoms with Gasteiger partial charge in [0.15, 0.2) is 6.20 Å². The van der Waals surface area contributed by atoms with E-state index in [-0.39, 0.29) is 0 Å². The molecule has 0 saturated carbocycles. The molecule has 0 radical (unpaired) electrons. The van der Waals surface area contributed by atoms with Crippen LogP contribution < -0.4 is 4.57 Å². The van der Waals surface area contributed by atoms with Crippen LogP contribution in [-0.4, -0.2) is 12.7 Å². The second-order valence-electron chi connectivity index (χ2n) is 2.71. The van der Waals surface area contributed by atoms with E-state index in [1.165, 1.54) is 4.57 Å². The minimum atomic E-state index is -0.430. The topological polar surface area (TPSA) is 30.2 Å². The molecule has 1 aromatic heterocycles. The van der Waals surface area contributed by atoms with E-state index < -0.39 is 6.09 Å². The van der Waals surface area contributed by atoms with Crippen LogP contribution in [0, 0.1) is 12.3 Å². The maximum absolute atomic E-state index is 11.4. The fraction of sp³-hybridized carbons (Fsp3) is 0.273. The number of terminal acetylenes is 1. The maximum Gasteiger partial charge on any atom is 0.603 e. The summed E-state index contributed by atoms with van der Waals surface area (Å²) in [6.07, 6.45) is 7.19. The summed E-state index contributed by atoms with van der Waals surface area (Å²) in [5, 5.41) is 0. The van der Waals surface area contributed by atoms with Gasteiger partial charge in [0, 0.05) is 12.1 Å². The van der Waals surface area contributed by atoms with Crippen LogP contribution >= 0.6 is 0 Å². The summed E-state index contributed by atoms with van der Waals surface area (Å²) in [4.78, 5) is 11.4. The lowest BCUT2D eigenvalue weighted by Gasteiger charge is -1.97. The van der Waals surface area contributed by atoms with Crippen molar-refractivity contribution >= 4 is 6.09 Å². The number of pyridine rings is 1. The van der Waals surface area contributed by atoms with E-state index in [1.807, 2.05) is 6.92 Å². The number of rotatable bonds is 2. The molecule has 0 fully saturated rings. The first kappa shape index (κ1) is 10.3. The van der Waals surface area contributed by atoms with Gasteiger partial charge in [0.05, 0.1) is 6.61 Å². The highest BCUT2D eigenvalue weighted by Crippen LogP contribution is 1.90. The van der Waals surface area contributed by atoms with Gasteiger partial charge in [0.1, 0.15) is 0 Å². The first-order valence-electron chi connectivity index (χ1n) is 4.44. The minimum absolute atomic E-state index is 0.407. The molecule has 1 heterocycles. The van der Waals surface area contributed by atoms with Crippen LogP contribution in [0.3, 0.4) is 0 Å². The van der Waals surface area contributed by atoms with Gasteiger partial charge in [0.2, 0.25) is 0 Å². The van der Waals surface area contributed by atoms with E-state index in [9.17, 15) is 4.79 Å². The third kappa shape index (κ3) is 2.33. The molecule has 72 valence electrons. The predicted octanol–water partition coefficient (Wildman–Crippen LogP) is 1.35. The number of ether oxygens (including phenoxy) is 1. The zero-order valence-corrected chi connectivity index (χ0v) is 8.06. The quantitative estimate of drug-likeness (QED) is 0.520. The fourth-order valence-corrected chi connectivity index (χ4v) is 0.979. The summed E-state index contributed by atoms with van der Waals surface area (Å²) in [5.74, 6) is 2.42. The Balaban J connectivity index is 2.85. The van der Waals surface area contributed by atoms with Crippen molar-refractivity contribution in [3.63, 3.8) is 0 Å². The summed E-state index contributed by atoms with van der Waals surface area (Å²) < 4.78 is 6.26. The molecule has 0 atom stereocenters. The number of hydrogen-bond acceptors (Lipinski definition) is 2. The van der Waals surface area contributed by atoms with Gasteiger partial charge in [-0.2, -0.15) is 4.79 Å². The molecule has 14 heavy (non-hydrogen) atoms. The Morgan fingerprint density at radius 2 is 2.43 bits per heavy atom. The van der Waals surface area contributed by atoms with Crippen LogP contribution in [-0.2, 0) is 4.74 Å². The van der Waals surface area contributed by atoms with Crippen molar-refractivity contribution in [2.24, 2.45) is 0 Å². The van der Waals surface area contributed by atoms with Crippen molar-refractivity contribution < 1.29 is 14.1 Å². The predicted molar refractivity (Wildman–Crippen MR) is 51.6 cm³/mol. The molecule has 1 aromatic rings. The van der Waals surface area contributed by atoms with Gasteiger partial charge in [-0.15, -0.1) is 6.42 Å². The zero-order chi connectivity index (χ0) is 10.4. The summed E-state index contributed by atoms with van der Waals surface area (Å²) in [7, 11) is 0. The number of hydrogen-bond donors (Lipinski definition) is 0. The van der Waals surface area contributed by atoms with E-state index >= 15 is 0 Å². The van der Waals surface area contributed by atoms with E-state index in [0.29, 0.717) is 12.3 Å². The van der Waals surface area contributed by atoms with Crippen LogP contribution in [0.4, 0.5) is 4.79 Å². The Kier molecular flexibility index (Phi) is 3.69. The molecule has 0 unspecified atom stereocenters. The first-order chi connectivity index (χ1) is 6.79. The second kappa shape index (κ2) is 5.03. The summed E-state index contributed by atoms with van der Waals surface area (Å²) in [6, 6.07) is 5.19. The van der Waals surface area contributed by atoms with Gasteiger partial charge in [-0.05, 0) is 18.4 Å². The van der Waals surface area contributed by atoms with Gasteiger partial charge in [0.25, 0.3) is 5.69 Å². The lowest BCUT2D eigenvalue weighted by Crippen LogP contribution is -2.45. The van der Waals surface area contributed by atoms with E-state index in [1.54, 1.807) is 24.4 Å². The van der Waals surface area contributed by atoms with Crippen LogP contribution in [0.2, 0.25) is 0 Å². The molecule has 1 rings (SSSR count). The molecule has 3 heteroatoms. The lowest BCUT2D eigenvalue weighted by atomic mass is 10.3. The summed E-state index contributed by atoms with van der Waals surface area (Å²) in [6.45, 7) is 2.34. The lowest BCUT2D eigenvalue weighted by molar-refractivity contribution is -0.588. The van der Waals surface area contributed by atoms with Gasteiger partial charge in [-0.25, -0.2) is 0 Å². The third-order valence-corrected chi connectivity index (χ3v) is 1.63. The minimum Gasteiger partial charge on any atom is -0.411 e. The molecule has 0 N–H and O–H groups in total. The van der Waals surface area contributed by atoms with Crippen LogP contribution in [0.15, 0.2) is 24.4 Å². The van der Waals surface area contributed by atoms with Gasteiger partial charge in [-0.1, -0.05) is 11.5 Å². The SMILES string of the molecule is C#Cc1cccc[n+]1C(=O)OCCC. The molecule has 0 aromatic carbocycles. The number of nitrogens with zero attached hydrogens (tertiary/aromatic N) is 1. The normalized spacial score (nSPS) is 9.14. The number of aromatic nitrogens is 1. The monoisotopic (exact) mass is 190 g/mol. The molecule has 0 bridgehead atoms. The zero-order valence-electron chi connectivity index (χ0n) is 8.06. The first-order valence-corrected chi connectivity index (χ1v) is 4.44. The Labute approximate surface area is 83.3 Å². The Morgan fingerprint density at radius 1 is 1.64 bits per heavy atom. The molecule has 3 nitrogen and oxygen atoms in total. The molecule has 0 aliphatic rings. The summed E-state index contributed by atoms with van der Waals surface area (Å²) in [5.41, 5.74) is 0.494. The Morgan fingerprint density at radius 3 is 3.07 bits per heavy atom.